The highest BCUT2D eigenvalue weighted by atomic mass is 35.5. The summed E-state index contributed by atoms with van der Waals surface area (Å²) in [5.74, 6) is -0.526. The van der Waals surface area contributed by atoms with Crippen LogP contribution in [0.2, 0.25) is 5.02 Å². The molecule has 3 aliphatic rings. The number of pyridine rings is 1. The first-order valence-electron chi connectivity index (χ1n) is 13.4. The Morgan fingerprint density at radius 1 is 1.19 bits per heavy atom. The molecule has 0 aliphatic carbocycles. The van der Waals surface area contributed by atoms with Crippen LogP contribution >= 0.6 is 11.6 Å². The number of H-pyrrole nitrogens is 1. The Bertz CT molecular complexity index is 1010. The van der Waals surface area contributed by atoms with Gasteiger partial charge in [-0.1, -0.05) is 18.0 Å². The number of esters is 1. The van der Waals surface area contributed by atoms with E-state index < -0.39 is 11.5 Å². The zero-order valence-electron chi connectivity index (χ0n) is 21.8. The van der Waals surface area contributed by atoms with E-state index in [2.05, 4.69) is 27.1 Å². The van der Waals surface area contributed by atoms with Crippen molar-refractivity contribution in [2.75, 3.05) is 39.5 Å². The number of carbonyl (C=O) groups is 2. The minimum absolute atomic E-state index is 0.0344. The number of nitrogens with zero attached hydrogens (tertiary/aromatic N) is 2. The molecular weight excluding hydrogens is 498 g/mol. The lowest BCUT2D eigenvalue weighted by atomic mass is 10.0. The minimum Gasteiger partial charge on any atom is -0.462 e. The van der Waals surface area contributed by atoms with Crippen molar-refractivity contribution in [3.8, 4) is 0 Å². The van der Waals surface area contributed by atoms with E-state index in [1.807, 2.05) is 0 Å². The molecule has 0 saturated carbocycles. The number of nitrogens with two attached hydrogens (primary N) is 1. The predicted molar refractivity (Wildman–Crippen MR) is 142 cm³/mol. The number of methoxy groups -OCH3 is 1. The van der Waals surface area contributed by atoms with Crippen LogP contribution in [0.4, 0.5) is 5.82 Å². The lowest BCUT2D eigenvalue weighted by Gasteiger charge is -2.38. The number of ether oxygens (including phenoxy) is 2. The number of aromatic amines is 1. The molecule has 0 spiro atoms. The quantitative estimate of drug-likeness (QED) is 0.306. The molecule has 3 fully saturated rings. The van der Waals surface area contributed by atoms with Crippen LogP contribution in [0, 0.1) is 0 Å². The van der Waals surface area contributed by atoms with Crippen LogP contribution in [0.5, 0.6) is 0 Å². The summed E-state index contributed by atoms with van der Waals surface area (Å²) >= 11 is 5.96. The molecule has 2 bridgehead atoms. The molecule has 10 nitrogen and oxygen atoms in total. The number of nitrogen functional groups attached to an aromatic ring is 1. The topological polar surface area (TPSA) is 130 Å². The van der Waals surface area contributed by atoms with Gasteiger partial charge in [0, 0.05) is 38.7 Å². The number of fused-ring (bicyclic) bond motifs is 2. The van der Waals surface area contributed by atoms with Crippen molar-refractivity contribution in [1.82, 2.24) is 20.1 Å². The van der Waals surface area contributed by atoms with Gasteiger partial charge in [-0.05, 0) is 64.6 Å². The highest BCUT2D eigenvalue weighted by molar-refractivity contribution is 6.33. The van der Waals surface area contributed by atoms with Gasteiger partial charge in [-0.25, -0.2) is 0 Å². The third-order valence-electron chi connectivity index (χ3n) is 8.24. The van der Waals surface area contributed by atoms with Crippen molar-refractivity contribution < 1.29 is 19.1 Å². The SMILES string of the molecule is CO[C@H]1CN(CCCCCC(=O)OC2CC3CCC(C2)N3C)CC[C@H]1NC(=O)c1cc(Cl)c(N)[nH]c1=O. The summed E-state index contributed by atoms with van der Waals surface area (Å²) in [5, 5.41) is 3.04. The minimum atomic E-state index is -0.576. The van der Waals surface area contributed by atoms with E-state index in [1.54, 1.807) is 7.11 Å². The van der Waals surface area contributed by atoms with Crippen molar-refractivity contribution in [2.45, 2.75) is 88.1 Å². The van der Waals surface area contributed by atoms with E-state index >= 15 is 0 Å². The average Bonchev–Trinajstić information content (AvgIpc) is 3.06. The smallest absolute Gasteiger partial charge is 0.306 e. The van der Waals surface area contributed by atoms with E-state index in [0.717, 1.165) is 45.2 Å². The van der Waals surface area contributed by atoms with Gasteiger partial charge in [0.05, 0.1) is 17.2 Å². The van der Waals surface area contributed by atoms with E-state index in [-0.39, 0.29) is 40.6 Å². The summed E-state index contributed by atoms with van der Waals surface area (Å²) in [4.78, 5) is 44.3. The van der Waals surface area contributed by atoms with Crippen LogP contribution in [0.1, 0.15) is 68.1 Å². The summed E-state index contributed by atoms with van der Waals surface area (Å²) in [5.41, 5.74) is 4.94. The first-order chi connectivity index (χ1) is 17.7. The summed E-state index contributed by atoms with van der Waals surface area (Å²) in [6, 6.07) is 2.22. The summed E-state index contributed by atoms with van der Waals surface area (Å²) < 4.78 is 11.4. The van der Waals surface area contributed by atoms with Gasteiger partial charge < -0.3 is 35.3 Å². The number of rotatable bonds is 10. The monoisotopic (exact) mass is 537 g/mol. The van der Waals surface area contributed by atoms with Crippen molar-refractivity contribution in [3.05, 3.63) is 27.0 Å². The van der Waals surface area contributed by atoms with Crippen LogP contribution < -0.4 is 16.6 Å². The molecule has 2 unspecified atom stereocenters. The largest absolute Gasteiger partial charge is 0.462 e. The number of amides is 1. The first-order valence-corrected chi connectivity index (χ1v) is 13.8. The van der Waals surface area contributed by atoms with Gasteiger partial charge in [0.1, 0.15) is 17.5 Å². The number of piperidine rings is 2. The maximum atomic E-state index is 12.7. The Morgan fingerprint density at radius 2 is 1.92 bits per heavy atom. The third-order valence-corrected chi connectivity index (χ3v) is 8.55. The molecule has 0 aromatic carbocycles. The second-order valence-electron chi connectivity index (χ2n) is 10.7. The van der Waals surface area contributed by atoms with Crippen LogP contribution in [0.15, 0.2) is 10.9 Å². The number of hydrogen-bond donors (Lipinski definition) is 3. The van der Waals surface area contributed by atoms with Gasteiger partial charge in [0.15, 0.2) is 0 Å². The second-order valence-corrected chi connectivity index (χ2v) is 11.1. The normalized spacial score (nSPS) is 28.2. The van der Waals surface area contributed by atoms with Crippen molar-refractivity contribution in [3.63, 3.8) is 0 Å². The van der Waals surface area contributed by atoms with Crippen LogP contribution in [-0.4, -0.2) is 90.8 Å². The molecule has 3 saturated heterocycles. The molecule has 11 heteroatoms. The van der Waals surface area contributed by atoms with E-state index in [9.17, 15) is 14.4 Å². The van der Waals surface area contributed by atoms with Crippen molar-refractivity contribution in [2.24, 2.45) is 0 Å². The number of likely N-dealkylation sites (tertiary alicyclic amines) is 1. The summed E-state index contributed by atoms with van der Waals surface area (Å²) in [7, 11) is 3.82. The maximum Gasteiger partial charge on any atom is 0.306 e. The second kappa shape index (κ2) is 12.6. The lowest BCUT2D eigenvalue weighted by molar-refractivity contribution is -0.152. The molecule has 4 heterocycles. The highest BCUT2D eigenvalue weighted by Crippen LogP contribution is 2.35. The Kier molecular flexibility index (Phi) is 9.50. The van der Waals surface area contributed by atoms with Crippen LogP contribution in [-0.2, 0) is 14.3 Å². The van der Waals surface area contributed by atoms with E-state index in [4.69, 9.17) is 26.8 Å². The molecule has 37 heavy (non-hydrogen) atoms. The zero-order chi connectivity index (χ0) is 26.5. The van der Waals surface area contributed by atoms with Crippen LogP contribution in [0.3, 0.4) is 0 Å². The number of carbonyl (C=O) groups excluding carboxylic acids is 2. The number of nitrogens with one attached hydrogen (secondary N) is 2. The zero-order valence-corrected chi connectivity index (χ0v) is 22.6. The van der Waals surface area contributed by atoms with Gasteiger partial charge in [-0.2, -0.15) is 0 Å². The van der Waals surface area contributed by atoms with Crippen molar-refractivity contribution in [1.29, 1.82) is 0 Å². The van der Waals surface area contributed by atoms with Gasteiger partial charge >= 0.3 is 5.97 Å². The van der Waals surface area contributed by atoms with Gasteiger partial charge in [-0.3, -0.25) is 14.4 Å². The predicted octanol–water partition coefficient (Wildman–Crippen LogP) is 2.16. The number of anilines is 1. The fourth-order valence-electron chi connectivity index (χ4n) is 6.01. The van der Waals surface area contributed by atoms with Gasteiger partial charge in [0.25, 0.3) is 11.5 Å². The molecule has 206 valence electrons. The molecule has 1 aromatic rings. The number of aromatic nitrogens is 1. The summed E-state index contributed by atoms with van der Waals surface area (Å²) in [6.45, 7) is 2.39. The molecule has 3 aliphatic heterocycles. The number of hydrogen-bond acceptors (Lipinski definition) is 8. The Balaban J connectivity index is 1.13. The summed E-state index contributed by atoms with van der Waals surface area (Å²) in [6.07, 6.45) is 8.24. The molecule has 1 aromatic heterocycles. The standard InChI is InChI=1S/C26H40ClN5O5/c1-31-16-7-8-17(31)13-18(12-16)37-23(33)6-4-3-5-10-32-11-9-21(22(15-32)36-2)29-25(34)19-14-20(27)24(28)30-26(19)35/h14,16-18,21-22H,3-13,15H2,1-2H3,(H,29,34)(H3,28,30,35)/t16?,17?,18?,21-,22+/m1/s1. The maximum absolute atomic E-state index is 12.7. The fraction of sp³-hybridized carbons (Fsp3) is 0.731. The molecule has 4 N–H and O–H groups in total. The Labute approximate surface area is 223 Å². The Hall–Kier alpha value is -2.14. The van der Waals surface area contributed by atoms with E-state index in [1.165, 1.54) is 18.9 Å². The Morgan fingerprint density at radius 3 is 2.62 bits per heavy atom. The first kappa shape index (κ1) is 27.9. The van der Waals surface area contributed by atoms with Gasteiger partial charge in [-0.15, -0.1) is 0 Å². The molecule has 4 atom stereocenters. The van der Waals surface area contributed by atoms with Crippen LogP contribution in [0.25, 0.3) is 0 Å². The highest BCUT2D eigenvalue weighted by Gasteiger charge is 2.39. The fourth-order valence-corrected chi connectivity index (χ4v) is 6.16. The van der Waals surface area contributed by atoms with Gasteiger partial charge in [0.2, 0.25) is 0 Å². The van der Waals surface area contributed by atoms with E-state index in [0.29, 0.717) is 31.5 Å². The molecule has 1 amide bonds. The average molecular weight is 538 g/mol. The number of halogens is 1. The lowest BCUT2D eigenvalue weighted by Crippen LogP contribution is -2.55. The molecular formula is C26H40ClN5O5. The molecule has 4 rings (SSSR count). The van der Waals surface area contributed by atoms with Crippen molar-refractivity contribution >= 4 is 29.3 Å². The number of unbranched alkanes of at least 4 members (excludes halogenated alkanes) is 2. The third kappa shape index (κ3) is 7.04. The molecule has 0 radical (unpaired) electrons.